The SMILES string of the molecule is CC(C#N)Sc1n[nH]c(=O)n1CC1CCCO1. The van der Waals surface area contributed by atoms with Crippen LogP contribution >= 0.6 is 11.8 Å². The van der Waals surface area contributed by atoms with Gasteiger partial charge in [0.2, 0.25) is 0 Å². The Labute approximate surface area is 103 Å². The van der Waals surface area contributed by atoms with Crippen LogP contribution in [0.15, 0.2) is 9.95 Å². The Kier molecular flexibility index (Phi) is 3.86. The van der Waals surface area contributed by atoms with Gasteiger partial charge < -0.3 is 4.74 Å². The lowest BCUT2D eigenvalue weighted by atomic mass is 10.2. The van der Waals surface area contributed by atoms with E-state index in [0.29, 0.717) is 11.7 Å². The van der Waals surface area contributed by atoms with Crippen LogP contribution in [-0.4, -0.2) is 32.7 Å². The van der Waals surface area contributed by atoms with Crippen LogP contribution < -0.4 is 5.69 Å². The van der Waals surface area contributed by atoms with Gasteiger partial charge in [-0.05, 0) is 19.8 Å². The zero-order valence-electron chi connectivity index (χ0n) is 9.55. The predicted octanol–water partition coefficient (Wildman–Crippen LogP) is 0.755. The van der Waals surface area contributed by atoms with E-state index in [1.54, 1.807) is 11.5 Å². The highest BCUT2D eigenvalue weighted by atomic mass is 32.2. The molecule has 2 heterocycles. The average molecular weight is 254 g/mol. The van der Waals surface area contributed by atoms with E-state index in [4.69, 9.17) is 10.00 Å². The number of hydrogen-bond donors (Lipinski definition) is 1. The zero-order chi connectivity index (χ0) is 12.3. The van der Waals surface area contributed by atoms with Crippen LogP contribution in [0.2, 0.25) is 0 Å². The first-order valence-corrected chi connectivity index (χ1v) is 6.41. The summed E-state index contributed by atoms with van der Waals surface area (Å²) in [5.74, 6) is 0. The number of aromatic nitrogens is 3. The Bertz CT molecular complexity index is 469. The predicted molar refractivity (Wildman–Crippen MR) is 62.8 cm³/mol. The van der Waals surface area contributed by atoms with E-state index >= 15 is 0 Å². The van der Waals surface area contributed by atoms with Crippen molar-refractivity contribution >= 4 is 11.8 Å². The molecule has 0 radical (unpaired) electrons. The van der Waals surface area contributed by atoms with Crippen molar-refractivity contribution in [3.8, 4) is 6.07 Å². The maximum absolute atomic E-state index is 11.6. The quantitative estimate of drug-likeness (QED) is 0.802. The van der Waals surface area contributed by atoms with Gasteiger partial charge in [0.15, 0.2) is 5.16 Å². The van der Waals surface area contributed by atoms with E-state index in [1.807, 2.05) is 0 Å². The van der Waals surface area contributed by atoms with Gasteiger partial charge in [0.05, 0.1) is 24.0 Å². The van der Waals surface area contributed by atoms with Crippen molar-refractivity contribution in [3.05, 3.63) is 10.5 Å². The van der Waals surface area contributed by atoms with Gasteiger partial charge >= 0.3 is 5.69 Å². The van der Waals surface area contributed by atoms with Gasteiger partial charge in [-0.2, -0.15) is 5.26 Å². The summed E-state index contributed by atoms with van der Waals surface area (Å²) in [5.41, 5.74) is -0.242. The summed E-state index contributed by atoms with van der Waals surface area (Å²) in [4.78, 5) is 11.6. The molecule has 7 heteroatoms. The summed E-state index contributed by atoms with van der Waals surface area (Å²) in [6.07, 6.45) is 2.09. The third-order valence-electron chi connectivity index (χ3n) is 2.60. The topological polar surface area (TPSA) is 83.7 Å². The van der Waals surface area contributed by atoms with E-state index in [0.717, 1.165) is 19.4 Å². The third-order valence-corrected chi connectivity index (χ3v) is 3.58. The highest BCUT2D eigenvalue weighted by Crippen LogP contribution is 2.21. The van der Waals surface area contributed by atoms with E-state index in [-0.39, 0.29) is 17.0 Å². The van der Waals surface area contributed by atoms with Crippen LogP contribution in [0, 0.1) is 11.3 Å². The van der Waals surface area contributed by atoms with Crippen molar-refractivity contribution in [2.75, 3.05) is 6.61 Å². The standard InChI is InChI=1S/C10H14N4O2S/c1-7(5-11)17-10-13-12-9(15)14(10)6-8-3-2-4-16-8/h7-8H,2-4,6H2,1H3,(H,12,15). The molecule has 0 aliphatic carbocycles. The molecule has 0 aromatic carbocycles. The number of nitriles is 1. The minimum absolute atomic E-state index is 0.0852. The van der Waals surface area contributed by atoms with E-state index in [2.05, 4.69) is 16.3 Å². The number of nitrogens with one attached hydrogen (secondary N) is 1. The monoisotopic (exact) mass is 254 g/mol. The smallest absolute Gasteiger partial charge is 0.344 e. The summed E-state index contributed by atoms with van der Waals surface area (Å²) in [7, 11) is 0. The molecule has 1 aromatic heterocycles. The molecule has 2 unspecified atom stereocenters. The first kappa shape index (κ1) is 12.2. The van der Waals surface area contributed by atoms with Crippen molar-refractivity contribution in [2.45, 2.75) is 42.8 Å². The lowest BCUT2D eigenvalue weighted by Gasteiger charge is -2.11. The molecule has 2 atom stereocenters. The fourth-order valence-electron chi connectivity index (χ4n) is 1.73. The van der Waals surface area contributed by atoms with Gasteiger partial charge in [-0.25, -0.2) is 9.89 Å². The average Bonchev–Trinajstić information content (AvgIpc) is 2.93. The molecule has 1 aliphatic heterocycles. The van der Waals surface area contributed by atoms with Crippen molar-refractivity contribution in [3.63, 3.8) is 0 Å². The Balaban J connectivity index is 2.11. The maximum atomic E-state index is 11.6. The molecule has 1 N–H and O–H groups in total. The first-order valence-electron chi connectivity index (χ1n) is 5.54. The summed E-state index contributed by atoms with van der Waals surface area (Å²) in [6.45, 7) is 3.05. The third kappa shape index (κ3) is 2.90. The van der Waals surface area contributed by atoms with Crippen LogP contribution in [0.3, 0.4) is 0 Å². The molecule has 0 spiro atoms. The lowest BCUT2D eigenvalue weighted by molar-refractivity contribution is 0.0941. The molecule has 0 amide bonds. The highest BCUT2D eigenvalue weighted by Gasteiger charge is 2.20. The Hall–Kier alpha value is -1.26. The number of hydrogen-bond acceptors (Lipinski definition) is 5. The Morgan fingerprint density at radius 2 is 2.65 bits per heavy atom. The molecule has 1 aliphatic rings. The fourth-order valence-corrected chi connectivity index (χ4v) is 2.48. The molecule has 1 fully saturated rings. The van der Waals surface area contributed by atoms with Crippen LogP contribution in [0.4, 0.5) is 0 Å². The molecule has 92 valence electrons. The Morgan fingerprint density at radius 3 is 3.29 bits per heavy atom. The van der Waals surface area contributed by atoms with E-state index in [9.17, 15) is 4.79 Å². The van der Waals surface area contributed by atoms with Crippen LogP contribution in [0.1, 0.15) is 19.8 Å². The van der Waals surface area contributed by atoms with Gasteiger partial charge in [0.1, 0.15) is 0 Å². The molecule has 0 bridgehead atoms. The number of aromatic amines is 1. The van der Waals surface area contributed by atoms with Crippen molar-refractivity contribution in [1.82, 2.24) is 14.8 Å². The zero-order valence-corrected chi connectivity index (χ0v) is 10.4. The number of ether oxygens (including phenoxy) is 1. The van der Waals surface area contributed by atoms with Gasteiger partial charge in [-0.3, -0.25) is 4.57 Å². The van der Waals surface area contributed by atoms with Gasteiger partial charge in [-0.15, -0.1) is 5.10 Å². The summed E-state index contributed by atoms with van der Waals surface area (Å²) in [6, 6.07) is 2.11. The van der Waals surface area contributed by atoms with Crippen LogP contribution in [0.5, 0.6) is 0 Å². The van der Waals surface area contributed by atoms with Crippen molar-refractivity contribution in [2.24, 2.45) is 0 Å². The second kappa shape index (κ2) is 5.38. The minimum atomic E-state index is -0.242. The van der Waals surface area contributed by atoms with Gasteiger partial charge in [0.25, 0.3) is 0 Å². The molecule has 2 rings (SSSR count). The van der Waals surface area contributed by atoms with Crippen LogP contribution in [-0.2, 0) is 11.3 Å². The molecule has 17 heavy (non-hydrogen) atoms. The van der Waals surface area contributed by atoms with E-state index in [1.165, 1.54) is 11.8 Å². The Morgan fingerprint density at radius 1 is 1.82 bits per heavy atom. The second-order valence-electron chi connectivity index (χ2n) is 3.95. The molecule has 1 saturated heterocycles. The van der Waals surface area contributed by atoms with Crippen molar-refractivity contribution in [1.29, 1.82) is 5.26 Å². The highest BCUT2D eigenvalue weighted by molar-refractivity contribution is 8.00. The molecular formula is C10H14N4O2S. The largest absolute Gasteiger partial charge is 0.376 e. The summed E-state index contributed by atoms with van der Waals surface area (Å²) < 4.78 is 7.04. The van der Waals surface area contributed by atoms with E-state index < -0.39 is 0 Å². The first-order chi connectivity index (χ1) is 8.20. The molecule has 0 saturated carbocycles. The number of rotatable bonds is 4. The normalized spacial score (nSPS) is 21.3. The summed E-state index contributed by atoms with van der Waals surface area (Å²) >= 11 is 1.28. The maximum Gasteiger partial charge on any atom is 0.344 e. The van der Waals surface area contributed by atoms with Crippen LogP contribution in [0.25, 0.3) is 0 Å². The molecule has 6 nitrogen and oxygen atoms in total. The fraction of sp³-hybridized carbons (Fsp3) is 0.700. The van der Waals surface area contributed by atoms with Crippen molar-refractivity contribution < 1.29 is 4.74 Å². The number of thioether (sulfide) groups is 1. The lowest BCUT2D eigenvalue weighted by Crippen LogP contribution is -2.25. The molecular weight excluding hydrogens is 240 g/mol. The molecule has 1 aromatic rings. The number of H-pyrrole nitrogens is 1. The summed E-state index contributed by atoms with van der Waals surface area (Å²) in [5, 5.41) is 15.4. The second-order valence-corrected chi connectivity index (χ2v) is 5.25. The number of nitrogens with zero attached hydrogens (tertiary/aromatic N) is 3. The minimum Gasteiger partial charge on any atom is -0.376 e. The van der Waals surface area contributed by atoms with Gasteiger partial charge in [0, 0.05) is 6.61 Å². The van der Waals surface area contributed by atoms with Gasteiger partial charge in [-0.1, -0.05) is 11.8 Å².